The van der Waals surface area contributed by atoms with Gasteiger partial charge in [-0.2, -0.15) is 0 Å². The van der Waals surface area contributed by atoms with Crippen molar-refractivity contribution in [3.8, 4) is 11.4 Å². The van der Waals surface area contributed by atoms with Crippen LogP contribution >= 0.6 is 0 Å². The second kappa shape index (κ2) is 10.7. The van der Waals surface area contributed by atoms with E-state index in [1.807, 2.05) is 24.5 Å². The second-order valence-corrected chi connectivity index (χ2v) is 8.46. The number of rotatable bonds is 9. The van der Waals surface area contributed by atoms with Crippen LogP contribution in [0.5, 0.6) is 0 Å². The van der Waals surface area contributed by atoms with Gasteiger partial charge in [-0.05, 0) is 67.6 Å². The van der Waals surface area contributed by atoms with Gasteiger partial charge in [0, 0.05) is 18.0 Å². The molecular weight excluding hydrogens is 347 g/mol. The number of aryl methyl sites for hydroxylation is 1. The molecule has 1 aliphatic carbocycles. The molecule has 0 spiro atoms. The molecule has 0 aliphatic heterocycles. The maximum Gasteiger partial charge on any atom is 0.159 e. The molecule has 28 heavy (non-hydrogen) atoms. The molecule has 3 heteroatoms. The molecule has 0 radical (unpaired) electrons. The lowest BCUT2D eigenvalue weighted by molar-refractivity contribution is 0.304. The summed E-state index contributed by atoms with van der Waals surface area (Å²) in [6.07, 6.45) is 17.3. The lowest BCUT2D eigenvalue weighted by Crippen LogP contribution is -2.13. The SMILES string of the molecule is CCCCCc1ccc(-c2ncc([C@H]3CC[C@H](CCCC)CC3)cn2)cc1F. The maximum absolute atomic E-state index is 14.4. The highest BCUT2D eigenvalue weighted by molar-refractivity contribution is 5.55. The molecule has 0 N–H and O–H groups in total. The summed E-state index contributed by atoms with van der Waals surface area (Å²) >= 11 is 0. The van der Waals surface area contributed by atoms with Gasteiger partial charge >= 0.3 is 0 Å². The molecule has 0 saturated heterocycles. The minimum absolute atomic E-state index is 0.133. The molecular formula is C25H35FN2. The van der Waals surface area contributed by atoms with Gasteiger partial charge in [0.2, 0.25) is 0 Å². The van der Waals surface area contributed by atoms with Crippen LogP contribution in [0.15, 0.2) is 30.6 Å². The Morgan fingerprint density at radius 3 is 2.29 bits per heavy atom. The summed E-state index contributed by atoms with van der Waals surface area (Å²) in [7, 11) is 0. The first-order valence-corrected chi connectivity index (χ1v) is 11.3. The average molecular weight is 383 g/mol. The fraction of sp³-hybridized carbons (Fsp3) is 0.600. The molecule has 1 heterocycles. The molecule has 1 fully saturated rings. The number of unbranched alkanes of at least 4 members (excludes halogenated alkanes) is 3. The van der Waals surface area contributed by atoms with E-state index in [9.17, 15) is 4.39 Å². The Balaban J connectivity index is 1.59. The Morgan fingerprint density at radius 1 is 0.929 bits per heavy atom. The average Bonchev–Trinajstić information content (AvgIpc) is 2.74. The van der Waals surface area contributed by atoms with E-state index in [1.165, 1.54) is 50.5 Å². The first kappa shape index (κ1) is 21.0. The summed E-state index contributed by atoms with van der Waals surface area (Å²) in [6.45, 7) is 4.44. The van der Waals surface area contributed by atoms with Crippen molar-refractivity contribution in [1.29, 1.82) is 0 Å². The predicted octanol–water partition coefficient (Wildman–Crippen LogP) is 7.48. The van der Waals surface area contributed by atoms with Crippen LogP contribution in [0, 0.1) is 11.7 Å². The Hall–Kier alpha value is -1.77. The molecule has 0 atom stereocenters. The van der Waals surface area contributed by atoms with Gasteiger partial charge in [0.25, 0.3) is 0 Å². The molecule has 2 aromatic rings. The zero-order chi connectivity index (χ0) is 19.8. The number of benzene rings is 1. The zero-order valence-electron chi connectivity index (χ0n) is 17.6. The molecule has 1 aromatic carbocycles. The third-order valence-electron chi connectivity index (χ3n) is 6.32. The largest absolute Gasteiger partial charge is 0.236 e. The van der Waals surface area contributed by atoms with Gasteiger partial charge in [0.15, 0.2) is 5.82 Å². The van der Waals surface area contributed by atoms with E-state index in [0.717, 1.165) is 42.7 Å². The van der Waals surface area contributed by atoms with Crippen molar-refractivity contribution in [2.75, 3.05) is 0 Å². The van der Waals surface area contributed by atoms with E-state index in [-0.39, 0.29) is 5.82 Å². The lowest BCUT2D eigenvalue weighted by Gasteiger charge is -2.28. The van der Waals surface area contributed by atoms with Crippen molar-refractivity contribution in [2.24, 2.45) is 5.92 Å². The first-order valence-electron chi connectivity index (χ1n) is 11.3. The second-order valence-electron chi connectivity index (χ2n) is 8.46. The van der Waals surface area contributed by atoms with Crippen molar-refractivity contribution >= 4 is 0 Å². The zero-order valence-corrected chi connectivity index (χ0v) is 17.6. The Kier molecular flexibility index (Phi) is 8.00. The van der Waals surface area contributed by atoms with E-state index in [4.69, 9.17) is 0 Å². The van der Waals surface area contributed by atoms with Crippen molar-refractivity contribution in [3.05, 3.63) is 47.5 Å². The van der Waals surface area contributed by atoms with Crippen LogP contribution in [0.1, 0.15) is 95.1 Å². The van der Waals surface area contributed by atoms with Gasteiger partial charge in [0.1, 0.15) is 5.82 Å². The number of halogens is 1. The smallest absolute Gasteiger partial charge is 0.159 e. The molecule has 0 amide bonds. The minimum atomic E-state index is -0.133. The molecule has 1 aliphatic rings. The van der Waals surface area contributed by atoms with Gasteiger partial charge in [-0.1, -0.05) is 58.1 Å². The van der Waals surface area contributed by atoms with Gasteiger partial charge in [-0.25, -0.2) is 14.4 Å². The van der Waals surface area contributed by atoms with Crippen LogP contribution in [0.4, 0.5) is 4.39 Å². The number of aromatic nitrogens is 2. The summed E-state index contributed by atoms with van der Waals surface area (Å²) in [4.78, 5) is 9.12. The van der Waals surface area contributed by atoms with Crippen LogP contribution in [-0.4, -0.2) is 9.97 Å². The monoisotopic (exact) mass is 382 g/mol. The molecule has 2 nitrogen and oxygen atoms in total. The third-order valence-corrected chi connectivity index (χ3v) is 6.32. The molecule has 1 aromatic heterocycles. The van der Waals surface area contributed by atoms with E-state index >= 15 is 0 Å². The van der Waals surface area contributed by atoms with Crippen LogP contribution < -0.4 is 0 Å². The Bertz CT molecular complexity index is 718. The van der Waals surface area contributed by atoms with Crippen molar-refractivity contribution in [3.63, 3.8) is 0 Å². The molecule has 1 saturated carbocycles. The minimum Gasteiger partial charge on any atom is -0.236 e. The van der Waals surface area contributed by atoms with Crippen LogP contribution in [-0.2, 0) is 6.42 Å². The molecule has 0 bridgehead atoms. The summed E-state index contributed by atoms with van der Waals surface area (Å²) < 4.78 is 14.4. The quantitative estimate of drug-likeness (QED) is 0.420. The highest BCUT2D eigenvalue weighted by Gasteiger charge is 2.22. The van der Waals surface area contributed by atoms with Crippen LogP contribution in [0.2, 0.25) is 0 Å². The number of hydrogen-bond donors (Lipinski definition) is 0. The summed E-state index contributed by atoms with van der Waals surface area (Å²) in [5.74, 6) is 1.99. The van der Waals surface area contributed by atoms with E-state index in [0.29, 0.717) is 11.7 Å². The van der Waals surface area contributed by atoms with Gasteiger partial charge in [-0.15, -0.1) is 0 Å². The maximum atomic E-state index is 14.4. The topological polar surface area (TPSA) is 25.8 Å². The van der Waals surface area contributed by atoms with Crippen LogP contribution in [0.25, 0.3) is 11.4 Å². The van der Waals surface area contributed by atoms with Crippen molar-refractivity contribution in [1.82, 2.24) is 9.97 Å². The van der Waals surface area contributed by atoms with Gasteiger partial charge in [0.05, 0.1) is 0 Å². The lowest BCUT2D eigenvalue weighted by atomic mass is 9.78. The first-order chi connectivity index (χ1) is 13.7. The summed E-state index contributed by atoms with van der Waals surface area (Å²) in [5, 5.41) is 0. The summed E-state index contributed by atoms with van der Waals surface area (Å²) in [6, 6.07) is 5.45. The fourth-order valence-corrected chi connectivity index (χ4v) is 4.43. The Morgan fingerprint density at radius 2 is 1.64 bits per heavy atom. The number of nitrogens with zero attached hydrogens (tertiary/aromatic N) is 2. The molecule has 3 rings (SSSR count). The van der Waals surface area contributed by atoms with Crippen molar-refractivity contribution < 1.29 is 4.39 Å². The molecule has 152 valence electrons. The van der Waals surface area contributed by atoms with Crippen molar-refractivity contribution in [2.45, 2.75) is 90.4 Å². The van der Waals surface area contributed by atoms with Crippen LogP contribution in [0.3, 0.4) is 0 Å². The highest BCUT2D eigenvalue weighted by Crippen LogP contribution is 2.37. The Labute approximate surface area is 170 Å². The predicted molar refractivity (Wildman–Crippen MR) is 115 cm³/mol. The number of hydrogen-bond acceptors (Lipinski definition) is 2. The fourth-order valence-electron chi connectivity index (χ4n) is 4.43. The molecule has 0 unspecified atom stereocenters. The standard InChI is InChI=1S/C25H35FN2/c1-3-5-7-9-21-14-15-22(16-24(21)26)25-27-17-23(18-28-25)20-12-10-19(11-13-20)8-6-4-2/h14-20H,3-13H2,1-2H3/t19-,20-. The van der Waals surface area contributed by atoms with E-state index in [1.54, 1.807) is 6.07 Å². The summed E-state index contributed by atoms with van der Waals surface area (Å²) in [5.41, 5.74) is 2.81. The van der Waals surface area contributed by atoms with E-state index < -0.39 is 0 Å². The van der Waals surface area contributed by atoms with Gasteiger partial charge < -0.3 is 0 Å². The highest BCUT2D eigenvalue weighted by atomic mass is 19.1. The normalized spacial score (nSPS) is 19.7. The van der Waals surface area contributed by atoms with Gasteiger partial charge in [-0.3, -0.25) is 0 Å². The van der Waals surface area contributed by atoms with E-state index in [2.05, 4.69) is 23.8 Å². The third kappa shape index (κ3) is 5.62.